The minimum atomic E-state index is 0.144. The van der Waals surface area contributed by atoms with Gasteiger partial charge in [0.1, 0.15) is 0 Å². The Kier molecular flexibility index (Phi) is 3.27. The zero-order valence-electron chi connectivity index (χ0n) is 11.1. The molecule has 1 aromatic rings. The summed E-state index contributed by atoms with van der Waals surface area (Å²) in [5.41, 5.74) is 4.27. The van der Waals surface area contributed by atoms with E-state index in [0.717, 1.165) is 39.1 Å². The Bertz CT molecular complexity index is 425. The van der Waals surface area contributed by atoms with E-state index >= 15 is 0 Å². The standard InChI is InChI=1S/C15H22N2O/c1-15(6-2-8-18-11-15)17-10-12-3-4-13-5-7-16-14(13)9-12/h3-4,9,16-17H,2,5-8,10-11H2,1H3. The van der Waals surface area contributed by atoms with Gasteiger partial charge in [0, 0.05) is 30.9 Å². The van der Waals surface area contributed by atoms with Gasteiger partial charge in [-0.2, -0.15) is 0 Å². The summed E-state index contributed by atoms with van der Waals surface area (Å²) in [5, 5.41) is 7.09. The lowest BCUT2D eigenvalue weighted by Gasteiger charge is -2.34. The highest BCUT2D eigenvalue weighted by molar-refractivity contribution is 5.57. The molecule has 1 atom stereocenters. The van der Waals surface area contributed by atoms with Gasteiger partial charge in [-0.25, -0.2) is 0 Å². The summed E-state index contributed by atoms with van der Waals surface area (Å²) >= 11 is 0. The number of anilines is 1. The molecule has 2 aliphatic heterocycles. The number of nitrogens with one attached hydrogen (secondary N) is 2. The molecule has 2 N–H and O–H groups in total. The van der Waals surface area contributed by atoms with Crippen LogP contribution in [0.3, 0.4) is 0 Å². The zero-order valence-corrected chi connectivity index (χ0v) is 11.1. The van der Waals surface area contributed by atoms with Crippen molar-refractivity contribution in [2.75, 3.05) is 25.1 Å². The Morgan fingerprint density at radius 3 is 3.22 bits per heavy atom. The van der Waals surface area contributed by atoms with Gasteiger partial charge < -0.3 is 15.4 Å². The van der Waals surface area contributed by atoms with Gasteiger partial charge in [-0.05, 0) is 43.4 Å². The minimum Gasteiger partial charge on any atom is -0.384 e. The lowest BCUT2D eigenvalue weighted by molar-refractivity contribution is 0.0278. The highest BCUT2D eigenvalue weighted by Gasteiger charge is 2.26. The molecule has 0 spiro atoms. The predicted molar refractivity (Wildman–Crippen MR) is 73.9 cm³/mol. The molecule has 0 radical (unpaired) electrons. The lowest BCUT2D eigenvalue weighted by Crippen LogP contribution is -2.48. The average molecular weight is 246 g/mol. The van der Waals surface area contributed by atoms with Crippen LogP contribution >= 0.6 is 0 Å². The van der Waals surface area contributed by atoms with Crippen LogP contribution in [0.1, 0.15) is 30.9 Å². The molecule has 0 bridgehead atoms. The Morgan fingerprint density at radius 2 is 2.39 bits per heavy atom. The number of hydrogen-bond acceptors (Lipinski definition) is 3. The Morgan fingerprint density at radius 1 is 1.44 bits per heavy atom. The second-order valence-corrected chi connectivity index (χ2v) is 5.74. The van der Waals surface area contributed by atoms with E-state index in [2.05, 4.69) is 35.8 Å². The molecule has 1 aromatic carbocycles. The number of hydrogen-bond donors (Lipinski definition) is 2. The summed E-state index contributed by atoms with van der Waals surface area (Å²) in [5.74, 6) is 0. The minimum absolute atomic E-state index is 0.144. The Balaban J connectivity index is 1.62. The fourth-order valence-electron chi connectivity index (χ4n) is 2.84. The first-order valence-electron chi connectivity index (χ1n) is 6.94. The third-order valence-corrected chi connectivity index (χ3v) is 4.04. The van der Waals surface area contributed by atoms with E-state index in [1.54, 1.807) is 0 Å². The van der Waals surface area contributed by atoms with E-state index in [9.17, 15) is 0 Å². The van der Waals surface area contributed by atoms with Crippen molar-refractivity contribution in [1.82, 2.24) is 5.32 Å². The van der Waals surface area contributed by atoms with Crippen LogP contribution < -0.4 is 10.6 Å². The molecule has 0 aromatic heterocycles. The monoisotopic (exact) mass is 246 g/mol. The van der Waals surface area contributed by atoms with Crippen molar-refractivity contribution in [2.45, 2.75) is 38.3 Å². The quantitative estimate of drug-likeness (QED) is 0.858. The molecule has 0 saturated carbocycles. The van der Waals surface area contributed by atoms with Crippen molar-refractivity contribution in [3.05, 3.63) is 29.3 Å². The smallest absolute Gasteiger partial charge is 0.0645 e. The third-order valence-electron chi connectivity index (χ3n) is 4.04. The normalized spacial score (nSPS) is 26.7. The third kappa shape index (κ3) is 2.52. The molecule has 2 heterocycles. The van der Waals surface area contributed by atoms with Crippen LogP contribution in [0.25, 0.3) is 0 Å². The Labute approximate surface area is 109 Å². The van der Waals surface area contributed by atoms with Crippen LogP contribution in [0, 0.1) is 0 Å². The maximum atomic E-state index is 5.57. The molecule has 3 heteroatoms. The first kappa shape index (κ1) is 12.0. The highest BCUT2D eigenvalue weighted by atomic mass is 16.5. The van der Waals surface area contributed by atoms with Crippen LogP contribution in [0.2, 0.25) is 0 Å². The van der Waals surface area contributed by atoms with Crippen molar-refractivity contribution in [3.63, 3.8) is 0 Å². The van der Waals surface area contributed by atoms with Crippen LogP contribution in [0.15, 0.2) is 18.2 Å². The second kappa shape index (κ2) is 4.90. The van der Waals surface area contributed by atoms with Gasteiger partial charge in [0.15, 0.2) is 0 Å². The molecule has 3 nitrogen and oxygen atoms in total. The molecule has 3 rings (SSSR count). The number of benzene rings is 1. The van der Waals surface area contributed by atoms with E-state index in [-0.39, 0.29) is 5.54 Å². The van der Waals surface area contributed by atoms with Gasteiger partial charge in [0.05, 0.1) is 6.61 Å². The molecule has 18 heavy (non-hydrogen) atoms. The summed E-state index contributed by atoms with van der Waals surface area (Å²) in [7, 11) is 0. The van der Waals surface area contributed by atoms with E-state index in [4.69, 9.17) is 4.74 Å². The van der Waals surface area contributed by atoms with Crippen LogP contribution in [0.5, 0.6) is 0 Å². The summed E-state index contributed by atoms with van der Waals surface area (Å²) in [6, 6.07) is 6.78. The molecule has 1 unspecified atom stereocenters. The van der Waals surface area contributed by atoms with Crippen LogP contribution in [-0.2, 0) is 17.7 Å². The van der Waals surface area contributed by atoms with E-state index < -0.39 is 0 Å². The fourth-order valence-corrected chi connectivity index (χ4v) is 2.84. The van der Waals surface area contributed by atoms with E-state index in [1.165, 1.54) is 23.2 Å². The topological polar surface area (TPSA) is 33.3 Å². The summed E-state index contributed by atoms with van der Waals surface area (Å²) in [6.07, 6.45) is 3.53. The van der Waals surface area contributed by atoms with Gasteiger partial charge in [-0.1, -0.05) is 12.1 Å². The molecule has 1 saturated heterocycles. The van der Waals surface area contributed by atoms with Gasteiger partial charge in [0.25, 0.3) is 0 Å². The number of rotatable bonds is 3. The Hall–Kier alpha value is -1.06. The number of ether oxygens (including phenoxy) is 1. The van der Waals surface area contributed by atoms with E-state index in [1.807, 2.05) is 0 Å². The molecule has 0 aliphatic carbocycles. The first-order valence-corrected chi connectivity index (χ1v) is 6.94. The van der Waals surface area contributed by atoms with Gasteiger partial charge in [-0.3, -0.25) is 0 Å². The molecular weight excluding hydrogens is 224 g/mol. The summed E-state index contributed by atoms with van der Waals surface area (Å²) in [4.78, 5) is 0. The maximum absolute atomic E-state index is 5.57. The first-order chi connectivity index (χ1) is 8.75. The molecule has 98 valence electrons. The van der Waals surface area contributed by atoms with Crippen molar-refractivity contribution in [2.24, 2.45) is 0 Å². The maximum Gasteiger partial charge on any atom is 0.0645 e. The summed E-state index contributed by atoms with van der Waals surface area (Å²) < 4.78 is 5.57. The van der Waals surface area contributed by atoms with Gasteiger partial charge >= 0.3 is 0 Å². The molecular formula is C15H22N2O. The van der Waals surface area contributed by atoms with Crippen molar-refractivity contribution in [1.29, 1.82) is 0 Å². The highest BCUT2D eigenvalue weighted by Crippen LogP contribution is 2.24. The van der Waals surface area contributed by atoms with Crippen molar-refractivity contribution < 1.29 is 4.74 Å². The van der Waals surface area contributed by atoms with Crippen LogP contribution in [0.4, 0.5) is 5.69 Å². The predicted octanol–water partition coefficient (Wildman–Crippen LogP) is 2.31. The van der Waals surface area contributed by atoms with Crippen molar-refractivity contribution in [3.8, 4) is 0 Å². The van der Waals surface area contributed by atoms with E-state index in [0.29, 0.717) is 0 Å². The van der Waals surface area contributed by atoms with Gasteiger partial charge in [0.2, 0.25) is 0 Å². The SMILES string of the molecule is CC1(NCc2ccc3c(c2)NCC3)CCCOC1. The second-order valence-electron chi connectivity index (χ2n) is 5.74. The average Bonchev–Trinajstić information content (AvgIpc) is 2.85. The van der Waals surface area contributed by atoms with Crippen molar-refractivity contribution >= 4 is 5.69 Å². The lowest BCUT2D eigenvalue weighted by atomic mass is 9.94. The largest absolute Gasteiger partial charge is 0.384 e. The number of fused-ring (bicyclic) bond motifs is 1. The van der Waals surface area contributed by atoms with Gasteiger partial charge in [-0.15, -0.1) is 0 Å². The van der Waals surface area contributed by atoms with Crippen LogP contribution in [-0.4, -0.2) is 25.3 Å². The summed E-state index contributed by atoms with van der Waals surface area (Å²) in [6.45, 7) is 6.01. The zero-order chi connectivity index (χ0) is 12.4. The molecule has 1 fully saturated rings. The molecule has 0 amide bonds. The molecule has 2 aliphatic rings. The fraction of sp³-hybridized carbons (Fsp3) is 0.600.